The van der Waals surface area contributed by atoms with E-state index in [9.17, 15) is 5.11 Å². The Morgan fingerprint density at radius 2 is 1.28 bits per heavy atom. The van der Waals surface area contributed by atoms with Crippen molar-refractivity contribution in [2.75, 3.05) is 19.8 Å². The number of ether oxygens (including phenoxy) is 5. The van der Waals surface area contributed by atoms with E-state index >= 15 is 0 Å². The van der Waals surface area contributed by atoms with E-state index in [-0.39, 0.29) is 19.8 Å². The molecule has 0 bridgehead atoms. The van der Waals surface area contributed by atoms with Crippen LogP contribution in [0.3, 0.4) is 0 Å². The Morgan fingerprint density at radius 3 is 1.94 bits per heavy atom. The Morgan fingerprint density at radius 1 is 0.611 bits per heavy atom. The lowest BCUT2D eigenvalue weighted by Gasteiger charge is -2.37. The van der Waals surface area contributed by atoms with Gasteiger partial charge in [0.05, 0.1) is 19.8 Å². The van der Waals surface area contributed by atoms with Crippen LogP contribution in [-0.4, -0.2) is 78.4 Å². The monoisotopic (exact) mass is 264 g/mol. The lowest BCUT2D eigenvalue weighted by Crippen LogP contribution is -2.53. The zero-order chi connectivity index (χ0) is 12.7. The van der Waals surface area contributed by atoms with Crippen LogP contribution in [0.5, 0.6) is 0 Å². The summed E-state index contributed by atoms with van der Waals surface area (Å²) in [7, 11) is 0. The standard InChI is InChI=1S/C10H16O8/c11-1-4-7-8(15-5(2-12)14-4)9-10(18-7)17-6(3-13)16-9/h4-13H,1-3H2. The second kappa shape index (κ2) is 4.99. The van der Waals surface area contributed by atoms with Crippen LogP contribution < -0.4 is 0 Å². The van der Waals surface area contributed by atoms with Crippen LogP contribution in [0.4, 0.5) is 0 Å². The molecular weight excluding hydrogens is 248 g/mol. The molecule has 3 rings (SSSR count). The Hall–Kier alpha value is -0.320. The molecule has 0 aliphatic carbocycles. The molecule has 0 aromatic rings. The van der Waals surface area contributed by atoms with Gasteiger partial charge in [0.15, 0.2) is 18.9 Å². The fourth-order valence-corrected chi connectivity index (χ4v) is 2.51. The molecule has 104 valence electrons. The Balaban J connectivity index is 1.74. The van der Waals surface area contributed by atoms with E-state index in [0.717, 1.165) is 0 Å². The second-order valence-electron chi connectivity index (χ2n) is 4.39. The van der Waals surface area contributed by atoms with Crippen molar-refractivity contribution in [1.82, 2.24) is 0 Å². The van der Waals surface area contributed by atoms with Gasteiger partial charge in [-0.2, -0.15) is 0 Å². The summed E-state index contributed by atoms with van der Waals surface area (Å²) in [6.07, 6.45) is -4.27. The minimum atomic E-state index is -0.817. The summed E-state index contributed by atoms with van der Waals surface area (Å²) in [5.74, 6) is 0. The molecule has 3 saturated heterocycles. The lowest BCUT2D eigenvalue weighted by atomic mass is 10.0. The molecule has 3 aliphatic rings. The predicted octanol–water partition coefficient (Wildman–Crippen LogP) is -2.46. The average molecular weight is 264 g/mol. The third-order valence-electron chi connectivity index (χ3n) is 3.28. The SMILES string of the molecule is OCC1OC2OC3C(CO)OC(CO)OC3C2O1. The molecule has 0 spiro atoms. The summed E-state index contributed by atoms with van der Waals surface area (Å²) >= 11 is 0. The summed E-state index contributed by atoms with van der Waals surface area (Å²) in [6.45, 7) is -0.831. The summed E-state index contributed by atoms with van der Waals surface area (Å²) in [6, 6.07) is 0. The van der Waals surface area contributed by atoms with Crippen molar-refractivity contribution in [3.05, 3.63) is 0 Å². The van der Waals surface area contributed by atoms with Crippen molar-refractivity contribution in [2.24, 2.45) is 0 Å². The molecule has 7 atom stereocenters. The molecule has 0 aromatic heterocycles. The van der Waals surface area contributed by atoms with Gasteiger partial charge in [-0.05, 0) is 0 Å². The van der Waals surface area contributed by atoms with Gasteiger partial charge in [-0.3, -0.25) is 0 Å². The van der Waals surface area contributed by atoms with Gasteiger partial charge in [-0.15, -0.1) is 0 Å². The maximum Gasteiger partial charge on any atom is 0.190 e. The first kappa shape index (κ1) is 12.7. The van der Waals surface area contributed by atoms with Crippen LogP contribution in [-0.2, 0) is 23.7 Å². The van der Waals surface area contributed by atoms with E-state index in [2.05, 4.69) is 0 Å². The van der Waals surface area contributed by atoms with Gasteiger partial charge in [0.25, 0.3) is 0 Å². The van der Waals surface area contributed by atoms with Crippen LogP contribution in [0.2, 0.25) is 0 Å². The molecule has 8 nitrogen and oxygen atoms in total. The van der Waals surface area contributed by atoms with E-state index < -0.39 is 43.3 Å². The van der Waals surface area contributed by atoms with E-state index in [1.807, 2.05) is 0 Å². The summed E-state index contributed by atoms with van der Waals surface area (Å²) < 4.78 is 27.1. The first-order chi connectivity index (χ1) is 8.76. The van der Waals surface area contributed by atoms with E-state index in [1.165, 1.54) is 0 Å². The molecule has 0 radical (unpaired) electrons. The number of fused-ring (bicyclic) bond motifs is 3. The van der Waals surface area contributed by atoms with Crippen molar-refractivity contribution in [3.8, 4) is 0 Å². The third-order valence-corrected chi connectivity index (χ3v) is 3.28. The highest BCUT2D eigenvalue weighted by atomic mass is 16.8. The molecule has 3 N–H and O–H groups in total. The first-order valence-electron chi connectivity index (χ1n) is 5.86. The van der Waals surface area contributed by atoms with Gasteiger partial charge < -0.3 is 39.0 Å². The average Bonchev–Trinajstić information content (AvgIpc) is 2.94. The largest absolute Gasteiger partial charge is 0.394 e. The molecule has 18 heavy (non-hydrogen) atoms. The van der Waals surface area contributed by atoms with Gasteiger partial charge in [0.2, 0.25) is 0 Å². The summed E-state index contributed by atoms with van der Waals surface area (Å²) in [5.41, 5.74) is 0. The van der Waals surface area contributed by atoms with Gasteiger partial charge in [-0.25, -0.2) is 0 Å². The molecule has 0 amide bonds. The zero-order valence-electron chi connectivity index (χ0n) is 9.55. The minimum absolute atomic E-state index is 0.246. The first-order valence-corrected chi connectivity index (χ1v) is 5.86. The highest BCUT2D eigenvalue weighted by Gasteiger charge is 2.58. The van der Waals surface area contributed by atoms with Crippen LogP contribution in [0.15, 0.2) is 0 Å². The lowest BCUT2D eigenvalue weighted by molar-refractivity contribution is -0.308. The number of hydrogen-bond donors (Lipinski definition) is 3. The highest BCUT2D eigenvalue weighted by molar-refractivity contribution is 4.98. The smallest absolute Gasteiger partial charge is 0.190 e. The summed E-state index contributed by atoms with van der Waals surface area (Å²) in [5, 5.41) is 27.3. The maximum absolute atomic E-state index is 9.25. The Bertz CT molecular complexity index is 300. The summed E-state index contributed by atoms with van der Waals surface area (Å²) in [4.78, 5) is 0. The molecule has 8 heteroatoms. The second-order valence-corrected chi connectivity index (χ2v) is 4.39. The maximum atomic E-state index is 9.25. The molecule has 3 heterocycles. The molecule has 7 unspecified atom stereocenters. The van der Waals surface area contributed by atoms with Crippen LogP contribution >= 0.6 is 0 Å². The number of aliphatic hydroxyl groups excluding tert-OH is 3. The van der Waals surface area contributed by atoms with Gasteiger partial charge in [-0.1, -0.05) is 0 Å². The number of aliphatic hydroxyl groups is 3. The van der Waals surface area contributed by atoms with E-state index in [1.54, 1.807) is 0 Å². The number of rotatable bonds is 3. The van der Waals surface area contributed by atoms with Crippen molar-refractivity contribution in [2.45, 2.75) is 43.3 Å². The van der Waals surface area contributed by atoms with E-state index in [0.29, 0.717) is 0 Å². The molecule has 0 aromatic carbocycles. The van der Waals surface area contributed by atoms with Gasteiger partial charge >= 0.3 is 0 Å². The third kappa shape index (κ3) is 1.95. The highest BCUT2D eigenvalue weighted by Crippen LogP contribution is 2.38. The quantitative estimate of drug-likeness (QED) is 0.515. The van der Waals surface area contributed by atoms with Crippen LogP contribution in [0.25, 0.3) is 0 Å². The van der Waals surface area contributed by atoms with Crippen LogP contribution in [0, 0.1) is 0 Å². The Kier molecular flexibility index (Phi) is 3.52. The Labute approximate surface area is 103 Å². The predicted molar refractivity (Wildman–Crippen MR) is 53.2 cm³/mol. The van der Waals surface area contributed by atoms with Crippen molar-refractivity contribution >= 4 is 0 Å². The number of hydrogen-bond acceptors (Lipinski definition) is 8. The van der Waals surface area contributed by atoms with E-state index in [4.69, 9.17) is 33.9 Å². The normalized spacial score (nSPS) is 51.2. The van der Waals surface area contributed by atoms with Gasteiger partial charge in [0, 0.05) is 0 Å². The molecule has 3 fully saturated rings. The van der Waals surface area contributed by atoms with Crippen molar-refractivity contribution in [1.29, 1.82) is 0 Å². The zero-order valence-corrected chi connectivity index (χ0v) is 9.55. The fourth-order valence-electron chi connectivity index (χ4n) is 2.51. The topological polar surface area (TPSA) is 107 Å². The molecular formula is C10H16O8. The van der Waals surface area contributed by atoms with Gasteiger partial charge in [0.1, 0.15) is 24.4 Å². The van der Waals surface area contributed by atoms with Crippen molar-refractivity contribution < 1.29 is 39.0 Å². The molecule has 3 aliphatic heterocycles. The van der Waals surface area contributed by atoms with Crippen molar-refractivity contribution in [3.63, 3.8) is 0 Å². The molecule has 0 saturated carbocycles. The van der Waals surface area contributed by atoms with Crippen LogP contribution in [0.1, 0.15) is 0 Å². The minimum Gasteiger partial charge on any atom is -0.394 e. The fraction of sp³-hybridized carbons (Fsp3) is 1.00.